The smallest absolute Gasteiger partial charge is 0.248 e. The van der Waals surface area contributed by atoms with Gasteiger partial charge in [-0.05, 0) is 29.8 Å². The molecule has 106 valence electrons. The van der Waals surface area contributed by atoms with Gasteiger partial charge in [0.05, 0.1) is 15.7 Å². The third-order valence-corrected chi connectivity index (χ3v) is 4.36. The Morgan fingerprint density at radius 3 is 2.82 bits per heavy atom. The van der Waals surface area contributed by atoms with Crippen LogP contribution >= 0.6 is 11.3 Å². The number of fused-ring (bicyclic) bond motifs is 1. The molecule has 4 nitrogen and oxygen atoms in total. The summed E-state index contributed by atoms with van der Waals surface area (Å²) >= 11 is 1.57. The molecule has 0 aliphatic heterocycles. The largest absolute Gasteiger partial charge is 0.322 e. The number of rotatable bonds is 2. The summed E-state index contributed by atoms with van der Waals surface area (Å²) in [4.78, 5) is 23.1. The van der Waals surface area contributed by atoms with Crippen LogP contribution in [-0.2, 0) is 0 Å². The summed E-state index contributed by atoms with van der Waals surface area (Å²) in [6.45, 7) is 0. The zero-order valence-corrected chi connectivity index (χ0v) is 12.3. The first-order valence-corrected chi connectivity index (χ1v) is 7.66. The lowest BCUT2D eigenvalue weighted by atomic mass is 10.0. The molecule has 1 N–H and O–H groups in total. The monoisotopic (exact) mass is 305 g/mol. The minimum Gasteiger partial charge on any atom is -0.322 e. The summed E-state index contributed by atoms with van der Waals surface area (Å²) in [5.74, 6) is 0. The second kappa shape index (κ2) is 5.20. The zero-order chi connectivity index (χ0) is 14.9. The van der Waals surface area contributed by atoms with Crippen molar-refractivity contribution in [3.05, 3.63) is 70.7 Å². The Labute approximate surface area is 130 Å². The lowest BCUT2D eigenvalue weighted by Crippen LogP contribution is -2.03. The molecule has 1 aromatic carbocycles. The number of nitrogens with zero attached hydrogens (tertiary/aromatic N) is 2. The SMILES string of the molecule is O=c1cccc(-c2cc(-c3cccnc3)cc3ncsc23)[nH]1. The van der Waals surface area contributed by atoms with E-state index in [2.05, 4.69) is 21.0 Å². The van der Waals surface area contributed by atoms with Gasteiger partial charge in [0.1, 0.15) is 0 Å². The van der Waals surface area contributed by atoms with Crippen molar-refractivity contribution in [2.45, 2.75) is 0 Å². The normalized spacial score (nSPS) is 10.9. The van der Waals surface area contributed by atoms with Crippen molar-refractivity contribution in [1.29, 1.82) is 0 Å². The van der Waals surface area contributed by atoms with Gasteiger partial charge in [-0.1, -0.05) is 12.1 Å². The van der Waals surface area contributed by atoms with Gasteiger partial charge in [-0.2, -0.15) is 0 Å². The number of hydrogen-bond acceptors (Lipinski definition) is 4. The number of thiazole rings is 1. The maximum Gasteiger partial charge on any atom is 0.248 e. The molecule has 0 radical (unpaired) electrons. The summed E-state index contributed by atoms with van der Waals surface area (Å²) in [6.07, 6.45) is 3.57. The van der Waals surface area contributed by atoms with Crippen molar-refractivity contribution in [3.8, 4) is 22.4 Å². The van der Waals surface area contributed by atoms with Gasteiger partial charge in [0, 0.05) is 35.3 Å². The molecule has 0 aliphatic rings. The van der Waals surface area contributed by atoms with Crippen LogP contribution in [0, 0.1) is 0 Å². The highest BCUT2D eigenvalue weighted by Gasteiger charge is 2.10. The fourth-order valence-electron chi connectivity index (χ4n) is 2.47. The van der Waals surface area contributed by atoms with Crippen molar-refractivity contribution in [2.24, 2.45) is 0 Å². The van der Waals surface area contributed by atoms with E-state index in [-0.39, 0.29) is 5.56 Å². The van der Waals surface area contributed by atoms with Crippen LogP contribution in [0.1, 0.15) is 0 Å². The third kappa shape index (κ3) is 2.21. The number of H-pyrrole nitrogens is 1. The predicted octanol–water partition coefficient (Wildman–Crippen LogP) is 3.71. The Kier molecular flexibility index (Phi) is 3.05. The standard InChI is InChI=1S/C17H11N3OS/c21-16-5-1-4-14(20-16)13-7-12(11-3-2-6-18-9-11)8-15-17(13)22-10-19-15/h1-10H,(H,20,21). The molecule has 3 aromatic heterocycles. The number of aromatic amines is 1. The van der Waals surface area contributed by atoms with Crippen LogP contribution in [-0.4, -0.2) is 15.0 Å². The van der Waals surface area contributed by atoms with Crippen LogP contribution < -0.4 is 5.56 Å². The van der Waals surface area contributed by atoms with Gasteiger partial charge in [0.2, 0.25) is 5.56 Å². The molecule has 4 rings (SSSR count). The van der Waals surface area contributed by atoms with Gasteiger partial charge in [-0.25, -0.2) is 4.98 Å². The molecule has 4 aromatic rings. The van der Waals surface area contributed by atoms with Gasteiger partial charge in [-0.15, -0.1) is 11.3 Å². The van der Waals surface area contributed by atoms with E-state index in [1.54, 1.807) is 23.6 Å². The number of benzene rings is 1. The topological polar surface area (TPSA) is 58.6 Å². The van der Waals surface area contributed by atoms with Crippen molar-refractivity contribution in [1.82, 2.24) is 15.0 Å². The van der Waals surface area contributed by atoms with Gasteiger partial charge in [-0.3, -0.25) is 9.78 Å². The van der Waals surface area contributed by atoms with Crippen molar-refractivity contribution in [2.75, 3.05) is 0 Å². The Morgan fingerprint density at radius 2 is 2.00 bits per heavy atom. The molecular formula is C17H11N3OS. The first-order valence-electron chi connectivity index (χ1n) is 6.78. The molecular weight excluding hydrogens is 294 g/mol. The summed E-state index contributed by atoms with van der Waals surface area (Å²) in [5, 5.41) is 0. The molecule has 0 fully saturated rings. The lowest BCUT2D eigenvalue weighted by molar-refractivity contribution is 1.25. The Balaban J connectivity index is 2.01. The second-order valence-electron chi connectivity index (χ2n) is 4.89. The van der Waals surface area contributed by atoms with Crippen molar-refractivity contribution < 1.29 is 0 Å². The lowest BCUT2D eigenvalue weighted by Gasteiger charge is -2.07. The van der Waals surface area contributed by atoms with E-state index in [0.717, 1.165) is 32.6 Å². The van der Waals surface area contributed by atoms with Crippen LogP contribution in [0.5, 0.6) is 0 Å². The molecule has 0 spiro atoms. The van der Waals surface area contributed by atoms with Crippen molar-refractivity contribution in [3.63, 3.8) is 0 Å². The molecule has 3 heterocycles. The average molecular weight is 305 g/mol. The van der Waals surface area contributed by atoms with Crippen LogP contribution in [0.3, 0.4) is 0 Å². The van der Waals surface area contributed by atoms with Gasteiger partial charge < -0.3 is 4.98 Å². The number of aromatic nitrogens is 3. The van der Waals surface area contributed by atoms with E-state index >= 15 is 0 Å². The fraction of sp³-hybridized carbons (Fsp3) is 0. The highest BCUT2D eigenvalue weighted by molar-refractivity contribution is 7.17. The quantitative estimate of drug-likeness (QED) is 0.614. The van der Waals surface area contributed by atoms with E-state index in [1.165, 1.54) is 6.07 Å². The molecule has 22 heavy (non-hydrogen) atoms. The van der Waals surface area contributed by atoms with E-state index in [9.17, 15) is 4.79 Å². The van der Waals surface area contributed by atoms with Crippen LogP contribution in [0.15, 0.2) is 65.2 Å². The maximum absolute atomic E-state index is 11.6. The number of pyridine rings is 2. The van der Waals surface area contributed by atoms with Gasteiger partial charge in [0.25, 0.3) is 0 Å². The van der Waals surface area contributed by atoms with Crippen LogP contribution in [0.2, 0.25) is 0 Å². The minimum atomic E-state index is -0.109. The highest BCUT2D eigenvalue weighted by Crippen LogP contribution is 2.34. The van der Waals surface area contributed by atoms with E-state index in [1.807, 2.05) is 36.0 Å². The second-order valence-corrected chi connectivity index (χ2v) is 5.75. The highest BCUT2D eigenvalue weighted by atomic mass is 32.1. The molecule has 0 unspecified atom stereocenters. The van der Waals surface area contributed by atoms with Gasteiger partial charge in [0.15, 0.2) is 0 Å². The van der Waals surface area contributed by atoms with Crippen molar-refractivity contribution >= 4 is 21.6 Å². The number of nitrogens with one attached hydrogen (secondary N) is 1. The first-order chi connectivity index (χ1) is 10.8. The third-order valence-electron chi connectivity index (χ3n) is 3.49. The van der Waals surface area contributed by atoms with E-state index < -0.39 is 0 Å². The predicted molar refractivity (Wildman–Crippen MR) is 88.9 cm³/mol. The summed E-state index contributed by atoms with van der Waals surface area (Å²) in [5.41, 5.74) is 6.47. The molecule has 5 heteroatoms. The average Bonchev–Trinajstić information content (AvgIpc) is 3.03. The minimum absolute atomic E-state index is 0.109. The Hall–Kier alpha value is -2.79. The molecule has 0 aliphatic carbocycles. The van der Waals surface area contributed by atoms with Gasteiger partial charge >= 0.3 is 0 Å². The van der Waals surface area contributed by atoms with Crippen LogP contribution in [0.4, 0.5) is 0 Å². The van der Waals surface area contributed by atoms with E-state index in [0.29, 0.717) is 0 Å². The first kappa shape index (κ1) is 12.9. The number of hydrogen-bond donors (Lipinski definition) is 1. The fourth-order valence-corrected chi connectivity index (χ4v) is 3.27. The molecule has 0 amide bonds. The summed E-state index contributed by atoms with van der Waals surface area (Å²) < 4.78 is 1.06. The Morgan fingerprint density at radius 1 is 1.05 bits per heavy atom. The van der Waals surface area contributed by atoms with Crippen LogP contribution in [0.25, 0.3) is 32.6 Å². The molecule has 0 bridgehead atoms. The summed E-state index contributed by atoms with van der Waals surface area (Å²) in [6, 6.07) is 13.2. The zero-order valence-electron chi connectivity index (χ0n) is 11.5. The maximum atomic E-state index is 11.6. The molecule has 0 atom stereocenters. The summed E-state index contributed by atoms with van der Waals surface area (Å²) in [7, 11) is 0. The Bertz CT molecular complexity index is 1010. The molecule has 0 saturated carbocycles. The van der Waals surface area contributed by atoms with E-state index in [4.69, 9.17) is 0 Å². The molecule has 0 saturated heterocycles.